The molecule has 4 aliphatic rings. The summed E-state index contributed by atoms with van der Waals surface area (Å²) < 4.78 is 22.6. The molecule has 4 nitrogen and oxygen atoms in total. The summed E-state index contributed by atoms with van der Waals surface area (Å²) in [4.78, 5) is 2.43. The Morgan fingerprint density at radius 1 is 1.00 bits per heavy atom. The molecule has 5 heteroatoms. The number of rotatable bonds is 3. The number of para-hydroxylation sites is 1. The van der Waals surface area contributed by atoms with Crippen LogP contribution in [0.2, 0.25) is 0 Å². The van der Waals surface area contributed by atoms with E-state index < -0.39 is 11.0 Å². The van der Waals surface area contributed by atoms with Crippen molar-refractivity contribution in [2.24, 2.45) is 4.40 Å². The fourth-order valence-corrected chi connectivity index (χ4v) is 5.63. The van der Waals surface area contributed by atoms with Crippen molar-refractivity contribution in [2.45, 2.75) is 37.1 Å². The third-order valence-electron chi connectivity index (χ3n) is 6.03. The molecule has 3 fully saturated rings. The molecule has 3 heterocycles. The van der Waals surface area contributed by atoms with E-state index in [0.717, 1.165) is 36.7 Å². The fourth-order valence-electron chi connectivity index (χ4n) is 4.71. The molecule has 0 amide bonds. The Kier molecular flexibility index (Phi) is 3.85. The van der Waals surface area contributed by atoms with Crippen molar-refractivity contribution < 1.29 is 8.95 Å². The molecular weight excluding hydrogens is 344 g/mol. The van der Waals surface area contributed by atoms with Gasteiger partial charge in [0.15, 0.2) is 0 Å². The molecule has 2 saturated heterocycles. The van der Waals surface area contributed by atoms with Crippen molar-refractivity contribution in [1.82, 2.24) is 4.90 Å². The van der Waals surface area contributed by atoms with E-state index in [1.165, 1.54) is 18.4 Å². The van der Waals surface area contributed by atoms with Crippen molar-refractivity contribution in [1.29, 1.82) is 0 Å². The Hall–Kier alpha value is -2.14. The molecule has 1 unspecified atom stereocenters. The molecule has 0 N–H and O–H groups in total. The lowest BCUT2D eigenvalue weighted by atomic mass is 9.63. The highest BCUT2D eigenvalue weighted by molar-refractivity contribution is 7.83. The van der Waals surface area contributed by atoms with Gasteiger partial charge in [0.2, 0.25) is 0 Å². The molecule has 0 spiro atoms. The number of ether oxygens (including phenoxy) is 1. The number of piperidine rings is 2. The van der Waals surface area contributed by atoms with Crippen molar-refractivity contribution >= 4 is 16.8 Å². The lowest BCUT2D eigenvalue weighted by Crippen LogP contribution is -2.62. The zero-order chi connectivity index (χ0) is 17.6. The van der Waals surface area contributed by atoms with Gasteiger partial charge in [0.1, 0.15) is 28.3 Å². The smallest absolute Gasteiger partial charge is 0.142 e. The Labute approximate surface area is 156 Å². The monoisotopic (exact) mass is 366 g/mol. The minimum Gasteiger partial charge on any atom is -0.457 e. The summed E-state index contributed by atoms with van der Waals surface area (Å²) in [7, 11) is -1.07. The molecule has 0 aromatic heterocycles. The second-order valence-corrected chi connectivity index (χ2v) is 8.62. The highest BCUT2D eigenvalue weighted by Gasteiger charge is 2.51. The maximum atomic E-state index is 12.1. The predicted molar refractivity (Wildman–Crippen MR) is 104 cm³/mol. The maximum Gasteiger partial charge on any atom is 0.142 e. The first kappa shape index (κ1) is 16.1. The van der Waals surface area contributed by atoms with Crippen molar-refractivity contribution in [3.8, 4) is 11.5 Å². The number of amidine groups is 1. The van der Waals surface area contributed by atoms with Gasteiger partial charge in [-0.2, -0.15) is 4.40 Å². The largest absolute Gasteiger partial charge is 0.457 e. The van der Waals surface area contributed by atoms with Gasteiger partial charge in [-0.1, -0.05) is 30.3 Å². The van der Waals surface area contributed by atoms with Gasteiger partial charge in [0.25, 0.3) is 0 Å². The number of fused-ring (bicyclic) bond motifs is 2. The zero-order valence-electron chi connectivity index (χ0n) is 14.6. The number of nitrogens with zero attached hydrogens (tertiary/aromatic N) is 2. The molecule has 1 saturated carbocycles. The van der Waals surface area contributed by atoms with Gasteiger partial charge in [-0.05, 0) is 55.5 Å². The van der Waals surface area contributed by atoms with Crippen LogP contribution in [-0.2, 0) is 16.4 Å². The summed E-state index contributed by atoms with van der Waals surface area (Å²) in [6.45, 7) is 0.882. The van der Waals surface area contributed by atoms with Crippen molar-refractivity contribution in [2.75, 3.05) is 12.3 Å². The lowest BCUT2D eigenvalue weighted by molar-refractivity contribution is 0.152. The highest BCUT2D eigenvalue weighted by atomic mass is 32.2. The first-order valence-electron chi connectivity index (χ1n) is 9.32. The van der Waals surface area contributed by atoms with Gasteiger partial charge in [0.05, 0.1) is 11.2 Å². The predicted octanol–water partition coefficient (Wildman–Crippen LogP) is 4.05. The Morgan fingerprint density at radius 3 is 2.42 bits per heavy atom. The summed E-state index contributed by atoms with van der Waals surface area (Å²) >= 11 is 0. The van der Waals surface area contributed by atoms with Crippen LogP contribution in [0, 0.1) is 0 Å². The normalized spacial score (nSPS) is 29.8. The molecule has 0 radical (unpaired) electrons. The van der Waals surface area contributed by atoms with Crippen LogP contribution >= 0.6 is 0 Å². The zero-order valence-corrected chi connectivity index (χ0v) is 15.5. The van der Waals surface area contributed by atoms with Crippen LogP contribution in [0.25, 0.3) is 0 Å². The molecule has 2 aromatic rings. The Bertz CT molecular complexity index is 855. The molecule has 2 aromatic carbocycles. The van der Waals surface area contributed by atoms with Gasteiger partial charge in [-0.25, -0.2) is 4.21 Å². The van der Waals surface area contributed by atoms with E-state index in [1.54, 1.807) is 0 Å². The topological polar surface area (TPSA) is 41.9 Å². The van der Waals surface area contributed by atoms with E-state index >= 15 is 0 Å². The standard InChI is InChI=1S/C21H22N2O2S/c24-26-15-14-23-17-10-12-21(13-11-17,20(23)22-26)16-6-8-19(9-7-16)25-18-4-2-1-3-5-18/h1-9,17H,10-15H2. The van der Waals surface area contributed by atoms with Gasteiger partial charge in [-0.3, -0.25) is 0 Å². The minimum absolute atomic E-state index is 0.0733. The number of benzene rings is 2. The average molecular weight is 366 g/mol. The summed E-state index contributed by atoms with van der Waals surface area (Å²) in [6, 6.07) is 18.9. The van der Waals surface area contributed by atoms with E-state index in [4.69, 9.17) is 4.74 Å². The van der Waals surface area contributed by atoms with Gasteiger partial charge < -0.3 is 9.64 Å². The third kappa shape index (κ3) is 2.57. The van der Waals surface area contributed by atoms with E-state index in [0.29, 0.717) is 11.8 Å². The molecule has 26 heavy (non-hydrogen) atoms. The number of hydrogen-bond donors (Lipinski definition) is 0. The van der Waals surface area contributed by atoms with Gasteiger partial charge >= 0.3 is 0 Å². The quantitative estimate of drug-likeness (QED) is 0.823. The van der Waals surface area contributed by atoms with E-state index in [2.05, 4.69) is 21.4 Å². The van der Waals surface area contributed by atoms with Crippen LogP contribution in [0.4, 0.5) is 0 Å². The Balaban J connectivity index is 1.47. The highest BCUT2D eigenvalue weighted by Crippen LogP contribution is 2.49. The van der Waals surface area contributed by atoms with Crippen LogP contribution in [0.1, 0.15) is 31.2 Å². The SMILES string of the molecule is O=S1CCN2C(=N1)C1(c3ccc(Oc4ccccc4)cc3)CCC2CC1. The van der Waals surface area contributed by atoms with E-state index in [-0.39, 0.29) is 5.41 Å². The molecule has 1 aliphatic carbocycles. The van der Waals surface area contributed by atoms with Crippen LogP contribution < -0.4 is 4.74 Å². The van der Waals surface area contributed by atoms with Crippen LogP contribution in [0.15, 0.2) is 59.0 Å². The lowest BCUT2D eigenvalue weighted by Gasteiger charge is -2.55. The third-order valence-corrected chi connectivity index (χ3v) is 6.94. The first-order valence-corrected chi connectivity index (χ1v) is 10.6. The van der Waals surface area contributed by atoms with Gasteiger partial charge in [-0.15, -0.1) is 0 Å². The number of hydrogen-bond acceptors (Lipinski definition) is 3. The molecule has 2 bridgehead atoms. The van der Waals surface area contributed by atoms with Crippen LogP contribution in [0.5, 0.6) is 11.5 Å². The molecule has 1 atom stereocenters. The van der Waals surface area contributed by atoms with Crippen LogP contribution in [0.3, 0.4) is 0 Å². The average Bonchev–Trinajstić information content (AvgIpc) is 2.70. The summed E-state index contributed by atoms with van der Waals surface area (Å²) in [5.41, 5.74) is 1.20. The molecule has 6 rings (SSSR count). The fraction of sp³-hybridized carbons (Fsp3) is 0.381. The summed E-state index contributed by atoms with van der Waals surface area (Å²) in [5, 5.41) is 0. The summed E-state index contributed by atoms with van der Waals surface area (Å²) in [5.74, 6) is 3.42. The van der Waals surface area contributed by atoms with Crippen LogP contribution in [-0.4, -0.2) is 33.3 Å². The van der Waals surface area contributed by atoms with Crippen molar-refractivity contribution in [3.63, 3.8) is 0 Å². The second-order valence-electron chi connectivity index (χ2n) is 7.39. The van der Waals surface area contributed by atoms with E-state index in [1.807, 2.05) is 42.5 Å². The maximum absolute atomic E-state index is 12.1. The molecule has 134 valence electrons. The van der Waals surface area contributed by atoms with E-state index in [9.17, 15) is 4.21 Å². The van der Waals surface area contributed by atoms with Gasteiger partial charge in [0, 0.05) is 12.6 Å². The second kappa shape index (κ2) is 6.23. The van der Waals surface area contributed by atoms with Crippen molar-refractivity contribution in [3.05, 3.63) is 60.2 Å². The molecular formula is C21H22N2O2S. The summed E-state index contributed by atoms with van der Waals surface area (Å²) in [6.07, 6.45) is 4.61. The first-order chi connectivity index (χ1) is 12.7. The minimum atomic E-state index is -1.07. The Morgan fingerprint density at radius 2 is 1.69 bits per heavy atom. The molecule has 3 aliphatic heterocycles.